The second kappa shape index (κ2) is 7.31. The van der Waals surface area contributed by atoms with Gasteiger partial charge in [0, 0.05) is 11.8 Å². The highest BCUT2D eigenvalue weighted by atomic mass is 127. The molecule has 0 bridgehead atoms. The van der Waals surface area contributed by atoms with Crippen molar-refractivity contribution >= 4 is 34.2 Å². The number of aryl methyl sites for hydroxylation is 1. The van der Waals surface area contributed by atoms with E-state index in [-0.39, 0.29) is 11.3 Å². The average molecular weight is 475 g/mol. The Kier molecular flexibility index (Phi) is 5.70. The van der Waals surface area contributed by atoms with Gasteiger partial charge in [0.25, 0.3) is 5.91 Å². The molecule has 1 amide bonds. The molecule has 8 heteroatoms. The van der Waals surface area contributed by atoms with E-state index in [4.69, 9.17) is 0 Å². The molecular formula is C18H17F3IN3O. The molecule has 1 N–H and O–H groups in total. The smallest absolute Gasteiger partial charge is 0.323 e. The van der Waals surface area contributed by atoms with E-state index in [1.807, 2.05) is 6.92 Å². The predicted octanol–water partition coefficient (Wildman–Crippen LogP) is 4.56. The van der Waals surface area contributed by atoms with Crippen molar-refractivity contribution in [3.63, 3.8) is 0 Å². The Morgan fingerprint density at radius 3 is 2.46 bits per heavy atom. The van der Waals surface area contributed by atoms with Gasteiger partial charge in [0.15, 0.2) is 0 Å². The summed E-state index contributed by atoms with van der Waals surface area (Å²) in [4.78, 5) is 12.7. The van der Waals surface area contributed by atoms with E-state index in [2.05, 4.69) is 44.8 Å². The van der Waals surface area contributed by atoms with Gasteiger partial charge in [-0.05, 0) is 68.5 Å². The summed E-state index contributed by atoms with van der Waals surface area (Å²) in [6, 6.07) is 3.07. The van der Waals surface area contributed by atoms with E-state index >= 15 is 0 Å². The number of hydrogen-bond donors (Lipinski definition) is 1. The number of amides is 1. The van der Waals surface area contributed by atoms with Gasteiger partial charge in [0.2, 0.25) is 0 Å². The number of anilines is 1. The van der Waals surface area contributed by atoms with Gasteiger partial charge >= 0.3 is 6.18 Å². The molecule has 138 valence electrons. The van der Waals surface area contributed by atoms with Gasteiger partial charge in [-0.1, -0.05) is 5.92 Å². The molecule has 0 aliphatic rings. The predicted molar refractivity (Wildman–Crippen MR) is 102 cm³/mol. The first-order valence-corrected chi connectivity index (χ1v) is 8.72. The molecule has 26 heavy (non-hydrogen) atoms. The Bertz CT molecular complexity index is 885. The maximum atomic E-state index is 12.9. The highest BCUT2D eigenvalue weighted by Gasteiger charge is 2.33. The van der Waals surface area contributed by atoms with Crippen LogP contribution < -0.4 is 5.32 Å². The van der Waals surface area contributed by atoms with Crippen molar-refractivity contribution in [2.24, 2.45) is 0 Å². The molecule has 0 atom stereocenters. The van der Waals surface area contributed by atoms with Crippen LogP contribution in [0.1, 0.15) is 37.6 Å². The number of carbonyl (C=O) groups is 1. The number of nitrogens with one attached hydrogen (secondary N) is 1. The average Bonchev–Trinajstić information content (AvgIpc) is 2.88. The van der Waals surface area contributed by atoms with Crippen LogP contribution in [-0.2, 0) is 16.5 Å². The summed E-state index contributed by atoms with van der Waals surface area (Å²) in [7, 11) is 0. The van der Waals surface area contributed by atoms with Gasteiger partial charge in [-0.15, -0.1) is 5.92 Å². The molecule has 1 aromatic carbocycles. The largest absolute Gasteiger partial charge is 0.416 e. The van der Waals surface area contributed by atoms with E-state index in [1.165, 1.54) is 17.7 Å². The molecule has 0 radical (unpaired) electrons. The van der Waals surface area contributed by atoms with Crippen LogP contribution >= 0.6 is 22.6 Å². The lowest BCUT2D eigenvalue weighted by Gasteiger charge is -2.24. The van der Waals surface area contributed by atoms with Crippen LogP contribution in [0.2, 0.25) is 0 Å². The number of benzene rings is 1. The second-order valence-corrected chi connectivity index (χ2v) is 7.32. The third-order valence-electron chi connectivity index (χ3n) is 3.82. The zero-order valence-electron chi connectivity index (χ0n) is 14.6. The van der Waals surface area contributed by atoms with E-state index in [9.17, 15) is 18.0 Å². The quantitative estimate of drug-likeness (QED) is 0.523. The minimum absolute atomic E-state index is 0.109. The Morgan fingerprint density at radius 2 is 1.96 bits per heavy atom. The SMILES string of the molecule is CC#Cc1cc(C(F)(F)F)ccc1NC(=O)C(C)(C)n1cc(I)c(C)n1. The van der Waals surface area contributed by atoms with Crippen LogP contribution in [0.3, 0.4) is 0 Å². The topological polar surface area (TPSA) is 46.9 Å². The number of halogens is 4. The molecule has 2 aromatic rings. The molecule has 0 unspecified atom stereocenters. The molecule has 1 aromatic heterocycles. The molecule has 0 aliphatic heterocycles. The fourth-order valence-electron chi connectivity index (χ4n) is 2.17. The first-order valence-electron chi connectivity index (χ1n) is 7.64. The van der Waals surface area contributed by atoms with Gasteiger partial charge in [-0.3, -0.25) is 9.48 Å². The van der Waals surface area contributed by atoms with Crippen LogP contribution in [0.5, 0.6) is 0 Å². The minimum atomic E-state index is -4.48. The normalized spacial score (nSPS) is 11.7. The highest BCUT2D eigenvalue weighted by molar-refractivity contribution is 14.1. The van der Waals surface area contributed by atoms with E-state index < -0.39 is 23.2 Å². The fourth-order valence-corrected chi connectivity index (χ4v) is 2.54. The van der Waals surface area contributed by atoms with Crippen molar-refractivity contribution in [1.82, 2.24) is 9.78 Å². The van der Waals surface area contributed by atoms with E-state index in [0.717, 1.165) is 21.4 Å². The minimum Gasteiger partial charge on any atom is -0.323 e. The number of alkyl halides is 3. The fraction of sp³-hybridized carbons (Fsp3) is 0.333. The first kappa shape index (κ1) is 20.3. The number of carbonyl (C=O) groups excluding carboxylic acids is 1. The Hall–Kier alpha value is -2.02. The van der Waals surface area contributed by atoms with Crippen LogP contribution in [0.15, 0.2) is 24.4 Å². The molecule has 4 nitrogen and oxygen atoms in total. The Balaban J connectivity index is 2.37. The summed E-state index contributed by atoms with van der Waals surface area (Å²) in [5.41, 5.74) is -0.724. The Morgan fingerprint density at radius 1 is 1.31 bits per heavy atom. The van der Waals surface area contributed by atoms with Crippen molar-refractivity contribution in [3.05, 3.63) is 44.8 Å². The van der Waals surface area contributed by atoms with Crippen LogP contribution in [0.4, 0.5) is 18.9 Å². The standard InChI is InChI=1S/C18H17F3IN3O/c1-5-6-12-9-13(18(19,20)21)7-8-15(12)23-16(26)17(3,4)25-10-14(22)11(2)24-25/h7-10H,1-4H3,(H,23,26). The third-order valence-corrected chi connectivity index (χ3v) is 4.88. The second-order valence-electron chi connectivity index (χ2n) is 6.15. The number of nitrogens with zero attached hydrogens (tertiary/aromatic N) is 2. The maximum Gasteiger partial charge on any atom is 0.416 e. The van der Waals surface area contributed by atoms with Crippen LogP contribution in [-0.4, -0.2) is 15.7 Å². The first-order chi connectivity index (χ1) is 12.0. The van der Waals surface area contributed by atoms with Gasteiger partial charge in [-0.2, -0.15) is 18.3 Å². The summed E-state index contributed by atoms with van der Waals surface area (Å²) in [5.74, 6) is 4.77. The monoisotopic (exact) mass is 475 g/mol. The molecular weight excluding hydrogens is 458 g/mol. The molecule has 0 aliphatic carbocycles. The van der Waals surface area contributed by atoms with Gasteiger partial charge in [0.05, 0.1) is 20.5 Å². The Labute approximate surface area is 163 Å². The number of hydrogen-bond acceptors (Lipinski definition) is 2. The van der Waals surface area contributed by atoms with Crippen molar-refractivity contribution in [2.45, 2.75) is 39.4 Å². The lowest BCUT2D eigenvalue weighted by Crippen LogP contribution is -2.40. The third kappa shape index (κ3) is 4.20. The summed E-state index contributed by atoms with van der Waals surface area (Å²) in [6.45, 7) is 6.71. The summed E-state index contributed by atoms with van der Waals surface area (Å²) >= 11 is 2.12. The van der Waals surface area contributed by atoms with Gasteiger partial charge < -0.3 is 5.32 Å². The zero-order valence-corrected chi connectivity index (χ0v) is 16.8. The molecule has 0 saturated heterocycles. The molecule has 0 saturated carbocycles. The van der Waals surface area contributed by atoms with Crippen molar-refractivity contribution in [3.8, 4) is 11.8 Å². The molecule has 1 heterocycles. The zero-order chi connectivity index (χ0) is 19.7. The van der Waals surface area contributed by atoms with Gasteiger partial charge in [-0.25, -0.2) is 0 Å². The molecule has 0 fully saturated rings. The number of aromatic nitrogens is 2. The van der Waals surface area contributed by atoms with Crippen molar-refractivity contribution in [1.29, 1.82) is 0 Å². The van der Waals surface area contributed by atoms with Crippen molar-refractivity contribution in [2.75, 3.05) is 5.32 Å². The van der Waals surface area contributed by atoms with Crippen molar-refractivity contribution < 1.29 is 18.0 Å². The van der Waals surface area contributed by atoms with Gasteiger partial charge in [0.1, 0.15) is 5.54 Å². The number of rotatable bonds is 3. The lowest BCUT2D eigenvalue weighted by molar-refractivity contribution is -0.137. The lowest BCUT2D eigenvalue weighted by atomic mass is 10.0. The van der Waals surface area contributed by atoms with E-state index in [1.54, 1.807) is 20.0 Å². The highest BCUT2D eigenvalue weighted by Crippen LogP contribution is 2.32. The summed E-state index contributed by atoms with van der Waals surface area (Å²) in [5, 5.41) is 6.99. The van der Waals surface area contributed by atoms with Crippen LogP contribution in [0, 0.1) is 22.3 Å². The molecule has 0 spiro atoms. The van der Waals surface area contributed by atoms with E-state index in [0.29, 0.717) is 0 Å². The summed E-state index contributed by atoms with van der Waals surface area (Å²) < 4.78 is 41.2. The molecule has 2 rings (SSSR count). The summed E-state index contributed by atoms with van der Waals surface area (Å²) in [6.07, 6.45) is -2.73. The van der Waals surface area contributed by atoms with Crippen LogP contribution in [0.25, 0.3) is 0 Å². The maximum absolute atomic E-state index is 12.9.